The molecule has 2 aliphatic rings. The summed E-state index contributed by atoms with van der Waals surface area (Å²) in [5.41, 5.74) is 6.25. The van der Waals surface area contributed by atoms with Crippen LogP contribution in [0.25, 0.3) is 0 Å². The van der Waals surface area contributed by atoms with Crippen molar-refractivity contribution in [1.29, 1.82) is 0 Å². The van der Waals surface area contributed by atoms with Gasteiger partial charge in [-0.15, -0.1) is 0 Å². The minimum atomic E-state index is 0.577. The van der Waals surface area contributed by atoms with Gasteiger partial charge in [-0.25, -0.2) is 0 Å². The summed E-state index contributed by atoms with van der Waals surface area (Å²) in [5, 5.41) is 0. The molecule has 2 nitrogen and oxygen atoms in total. The molecule has 1 saturated heterocycles. The highest BCUT2D eigenvalue weighted by atomic mass is 15.2. The molecular weight excluding hydrogens is 220 g/mol. The first-order valence-electron chi connectivity index (χ1n) is 7.96. The number of nitrogens with zero attached hydrogens (tertiary/aromatic N) is 1. The molecule has 2 fully saturated rings. The van der Waals surface area contributed by atoms with E-state index in [2.05, 4.69) is 25.7 Å². The summed E-state index contributed by atoms with van der Waals surface area (Å²) in [6.07, 6.45) is 8.22. The maximum Gasteiger partial charge on any atom is 0.0121 e. The Kier molecular flexibility index (Phi) is 4.71. The van der Waals surface area contributed by atoms with Gasteiger partial charge in [-0.3, -0.25) is 0 Å². The van der Waals surface area contributed by atoms with Gasteiger partial charge < -0.3 is 10.6 Å². The molecule has 2 atom stereocenters. The molecule has 2 N–H and O–H groups in total. The van der Waals surface area contributed by atoms with Crippen molar-refractivity contribution in [2.75, 3.05) is 19.6 Å². The predicted octanol–water partition coefficient (Wildman–Crippen LogP) is 3.26. The van der Waals surface area contributed by atoms with Crippen molar-refractivity contribution in [3.8, 4) is 0 Å². The second-order valence-electron chi connectivity index (χ2n) is 7.51. The van der Waals surface area contributed by atoms with E-state index in [-0.39, 0.29) is 0 Å². The van der Waals surface area contributed by atoms with E-state index in [0.29, 0.717) is 5.41 Å². The van der Waals surface area contributed by atoms with Gasteiger partial charge in [0, 0.05) is 6.04 Å². The lowest BCUT2D eigenvalue weighted by Gasteiger charge is -2.46. The van der Waals surface area contributed by atoms with E-state index in [1.165, 1.54) is 51.6 Å². The number of likely N-dealkylation sites (tertiary alicyclic amines) is 1. The van der Waals surface area contributed by atoms with E-state index in [1.54, 1.807) is 0 Å². The van der Waals surface area contributed by atoms with E-state index in [1.807, 2.05) is 0 Å². The van der Waals surface area contributed by atoms with Crippen LogP contribution in [-0.4, -0.2) is 30.6 Å². The van der Waals surface area contributed by atoms with Gasteiger partial charge in [0.05, 0.1) is 0 Å². The van der Waals surface area contributed by atoms with E-state index in [9.17, 15) is 0 Å². The topological polar surface area (TPSA) is 29.3 Å². The van der Waals surface area contributed by atoms with Gasteiger partial charge in [-0.1, -0.05) is 20.8 Å². The molecule has 0 amide bonds. The second kappa shape index (κ2) is 5.92. The van der Waals surface area contributed by atoms with Gasteiger partial charge in [0.15, 0.2) is 0 Å². The van der Waals surface area contributed by atoms with E-state index in [0.717, 1.165) is 24.4 Å². The summed E-state index contributed by atoms with van der Waals surface area (Å²) in [4.78, 5) is 2.78. The van der Waals surface area contributed by atoms with Crippen molar-refractivity contribution < 1.29 is 0 Å². The summed E-state index contributed by atoms with van der Waals surface area (Å²) >= 11 is 0. The van der Waals surface area contributed by atoms with Crippen LogP contribution in [0.3, 0.4) is 0 Å². The highest BCUT2D eigenvalue weighted by Crippen LogP contribution is 2.41. The number of piperidine rings is 1. The Balaban J connectivity index is 1.83. The monoisotopic (exact) mass is 252 g/mol. The zero-order chi connectivity index (χ0) is 13.2. The molecule has 106 valence electrons. The molecule has 0 aromatic heterocycles. The predicted molar refractivity (Wildman–Crippen MR) is 78.6 cm³/mol. The van der Waals surface area contributed by atoms with E-state index in [4.69, 9.17) is 5.73 Å². The Bertz CT molecular complexity index is 254. The first kappa shape index (κ1) is 14.3. The van der Waals surface area contributed by atoms with Crippen molar-refractivity contribution >= 4 is 0 Å². The molecule has 2 rings (SSSR count). The normalized spacial score (nSPS) is 34.7. The van der Waals surface area contributed by atoms with Crippen LogP contribution in [0, 0.1) is 17.3 Å². The molecule has 2 unspecified atom stereocenters. The highest BCUT2D eigenvalue weighted by molar-refractivity contribution is 4.89. The third kappa shape index (κ3) is 3.48. The summed E-state index contributed by atoms with van der Waals surface area (Å²) < 4.78 is 0. The summed E-state index contributed by atoms with van der Waals surface area (Å²) in [6.45, 7) is 10.9. The van der Waals surface area contributed by atoms with Crippen LogP contribution < -0.4 is 5.73 Å². The number of nitrogens with two attached hydrogens (primary N) is 1. The minimum Gasteiger partial charge on any atom is -0.330 e. The van der Waals surface area contributed by atoms with Crippen molar-refractivity contribution in [2.24, 2.45) is 23.0 Å². The van der Waals surface area contributed by atoms with Gasteiger partial charge in [-0.05, 0) is 75.4 Å². The zero-order valence-corrected chi connectivity index (χ0v) is 12.6. The molecule has 0 bridgehead atoms. The van der Waals surface area contributed by atoms with E-state index < -0.39 is 0 Å². The maximum atomic E-state index is 5.68. The highest BCUT2D eigenvalue weighted by Gasteiger charge is 2.36. The Morgan fingerprint density at radius 3 is 2.39 bits per heavy atom. The quantitative estimate of drug-likeness (QED) is 0.835. The lowest BCUT2D eigenvalue weighted by atomic mass is 9.70. The van der Waals surface area contributed by atoms with Gasteiger partial charge in [0.25, 0.3) is 0 Å². The smallest absolute Gasteiger partial charge is 0.0121 e. The van der Waals surface area contributed by atoms with Crippen LogP contribution >= 0.6 is 0 Å². The number of rotatable bonds is 3. The van der Waals surface area contributed by atoms with Crippen LogP contribution in [0.15, 0.2) is 0 Å². The molecule has 0 spiro atoms. The second-order valence-corrected chi connectivity index (χ2v) is 7.51. The minimum absolute atomic E-state index is 0.577. The Hall–Kier alpha value is -0.0800. The third-order valence-corrected chi connectivity index (χ3v) is 5.34. The van der Waals surface area contributed by atoms with Gasteiger partial charge in [0.2, 0.25) is 0 Å². The molecule has 0 aromatic rings. The Labute approximate surface area is 113 Å². The first-order valence-corrected chi connectivity index (χ1v) is 7.96. The SMILES string of the molecule is CC1CC(C)(C)CCC1N1CCC(CCN)CC1. The van der Waals surface area contributed by atoms with Crippen LogP contribution in [0.1, 0.15) is 59.3 Å². The number of hydrogen-bond acceptors (Lipinski definition) is 2. The molecule has 1 aliphatic carbocycles. The van der Waals surface area contributed by atoms with Crippen molar-refractivity contribution in [1.82, 2.24) is 4.90 Å². The fraction of sp³-hybridized carbons (Fsp3) is 1.00. The lowest BCUT2D eigenvalue weighted by Crippen LogP contribution is -2.48. The van der Waals surface area contributed by atoms with Crippen LogP contribution in [0.4, 0.5) is 0 Å². The van der Waals surface area contributed by atoms with Gasteiger partial charge >= 0.3 is 0 Å². The van der Waals surface area contributed by atoms with Crippen LogP contribution in [0.5, 0.6) is 0 Å². The first-order chi connectivity index (χ1) is 8.52. The van der Waals surface area contributed by atoms with E-state index >= 15 is 0 Å². The standard InChI is InChI=1S/C16H32N2/c1-13-12-16(2,3)8-4-15(13)18-10-6-14(5-9-17)7-11-18/h13-15H,4-12,17H2,1-3H3. The largest absolute Gasteiger partial charge is 0.330 e. The number of hydrogen-bond donors (Lipinski definition) is 1. The molecule has 1 aliphatic heterocycles. The average molecular weight is 252 g/mol. The van der Waals surface area contributed by atoms with Crippen LogP contribution in [0.2, 0.25) is 0 Å². The van der Waals surface area contributed by atoms with Gasteiger partial charge in [0.1, 0.15) is 0 Å². The summed E-state index contributed by atoms with van der Waals surface area (Å²) in [6, 6.07) is 0.858. The molecule has 1 heterocycles. The average Bonchev–Trinajstić information content (AvgIpc) is 2.30. The molecular formula is C16H32N2. The fourth-order valence-corrected chi connectivity index (χ4v) is 4.28. The van der Waals surface area contributed by atoms with Crippen molar-refractivity contribution in [3.63, 3.8) is 0 Å². The third-order valence-electron chi connectivity index (χ3n) is 5.34. The maximum absolute atomic E-state index is 5.68. The summed E-state index contributed by atoms with van der Waals surface area (Å²) in [7, 11) is 0. The van der Waals surface area contributed by atoms with Gasteiger partial charge in [-0.2, -0.15) is 0 Å². The molecule has 1 saturated carbocycles. The lowest BCUT2D eigenvalue weighted by molar-refractivity contribution is 0.0370. The molecule has 2 heteroatoms. The molecule has 0 aromatic carbocycles. The molecule has 0 radical (unpaired) electrons. The molecule has 18 heavy (non-hydrogen) atoms. The fourth-order valence-electron chi connectivity index (χ4n) is 4.28. The Morgan fingerprint density at radius 2 is 1.83 bits per heavy atom. The van der Waals surface area contributed by atoms with Crippen LogP contribution in [-0.2, 0) is 0 Å². The van der Waals surface area contributed by atoms with Crippen molar-refractivity contribution in [2.45, 2.75) is 65.3 Å². The van der Waals surface area contributed by atoms with Crippen molar-refractivity contribution in [3.05, 3.63) is 0 Å². The Morgan fingerprint density at radius 1 is 1.17 bits per heavy atom. The summed E-state index contributed by atoms with van der Waals surface area (Å²) in [5.74, 6) is 1.78. The zero-order valence-electron chi connectivity index (χ0n) is 12.6.